The Morgan fingerprint density at radius 1 is 0.500 bits per heavy atom. The zero-order valence-electron chi connectivity index (χ0n) is 27.4. The number of carbonyl (C=O) groups is 1. The van der Waals surface area contributed by atoms with Gasteiger partial charge in [0.15, 0.2) is 0 Å². The van der Waals surface area contributed by atoms with E-state index in [1.54, 1.807) is 12.6 Å². The van der Waals surface area contributed by atoms with Crippen LogP contribution < -0.4 is 0 Å². The van der Waals surface area contributed by atoms with E-state index in [9.17, 15) is 4.79 Å². The quantitative estimate of drug-likeness (QED) is 0.117. The molecule has 252 valence electrons. The standard InChI is InChI=1S/C22H48O14Si8/c1-10-18-19-24-22(23)21(9)20-44-34-41(15-6)28-38(12-3)25-37(11-2)26-39(13-4,30-41)32-43(17-8,36-44)33-40(14-5,27-37)31-42(16-7,29-38)35-44/h20H,10-19H2,1-9H3. The first-order chi connectivity index (χ1) is 20.8. The number of hydrogen-bond donors (Lipinski definition) is 0. The van der Waals surface area contributed by atoms with Crippen molar-refractivity contribution in [1.29, 1.82) is 0 Å². The van der Waals surface area contributed by atoms with Gasteiger partial charge in [-0.3, -0.25) is 0 Å². The molecule has 0 aliphatic carbocycles. The van der Waals surface area contributed by atoms with Crippen LogP contribution in [0.5, 0.6) is 0 Å². The third-order valence-corrected chi connectivity index (χ3v) is 44.6. The lowest BCUT2D eigenvalue weighted by molar-refractivity contribution is -0.139. The molecule has 6 aliphatic heterocycles. The van der Waals surface area contributed by atoms with E-state index in [4.69, 9.17) is 54.1 Å². The molecule has 6 fully saturated rings. The van der Waals surface area contributed by atoms with Gasteiger partial charge in [0.1, 0.15) is 0 Å². The van der Waals surface area contributed by atoms with Crippen LogP contribution in [0.25, 0.3) is 0 Å². The molecule has 6 saturated heterocycles. The zero-order chi connectivity index (χ0) is 32.1. The maximum absolute atomic E-state index is 13.2. The highest BCUT2D eigenvalue weighted by Gasteiger charge is 2.81. The van der Waals surface area contributed by atoms with Crippen molar-refractivity contribution < 1.29 is 58.9 Å². The second-order valence-electron chi connectivity index (χ2n) is 11.4. The van der Waals surface area contributed by atoms with Gasteiger partial charge in [-0.25, -0.2) is 4.79 Å². The van der Waals surface area contributed by atoms with Crippen molar-refractivity contribution in [1.82, 2.24) is 0 Å². The zero-order valence-corrected chi connectivity index (χ0v) is 35.4. The van der Waals surface area contributed by atoms with E-state index in [1.807, 2.05) is 55.4 Å². The van der Waals surface area contributed by atoms with Crippen LogP contribution >= 0.6 is 0 Å². The molecule has 6 rings (SSSR count). The summed E-state index contributed by atoms with van der Waals surface area (Å²) in [7, 11) is -30.5. The molecule has 0 radical (unpaired) electrons. The third kappa shape index (κ3) is 6.32. The minimum Gasteiger partial charge on any atom is -0.462 e. The van der Waals surface area contributed by atoms with Crippen molar-refractivity contribution >= 4 is 76.4 Å². The molecule has 0 aromatic heterocycles. The average Bonchev–Trinajstić information content (AvgIpc) is 2.96. The summed E-state index contributed by atoms with van der Waals surface area (Å²) in [6.07, 6.45) is 1.64. The van der Waals surface area contributed by atoms with Crippen LogP contribution in [0, 0.1) is 0 Å². The van der Waals surface area contributed by atoms with Gasteiger partial charge in [0, 0.05) is 47.9 Å². The van der Waals surface area contributed by atoms with Gasteiger partial charge < -0.3 is 54.1 Å². The Kier molecular flexibility index (Phi) is 10.3. The minimum atomic E-state index is -4.19. The Labute approximate surface area is 269 Å². The molecule has 0 unspecified atom stereocenters. The average molecular weight is 761 g/mol. The normalized spacial score (nSPS) is 46.6. The number of hydrogen-bond acceptors (Lipinski definition) is 14. The summed E-state index contributed by atoms with van der Waals surface area (Å²) in [4.78, 5) is 13.2. The Morgan fingerprint density at radius 3 is 1.02 bits per heavy atom. The molecule has 0 aromatic rings. The first kappa shape index (κ1) is 35.8. The largest absolute Gasteiger partial charge is 0.508 e. The van der Waals surface area contributed by atoms with Gasteiger partial charge in [-0.15, -0.1) is 0 Å². The molecule has 0 atom stereocenters. The van der Waals surface area contributed by atoms with Crippen molar-refractivity contribution in [2.75, 3.05) is 6.61 Å². The second kappa shape index (κ2) is 12.7. The van der Waals surface area contributed by atoms with Gasteiger partial charge in [-0.05, 0) is 19.0 Å². The molecular weight excluding hydrogens is 713 g/mol. The molecule has 0 amide bonds. The molecule has 0 spiro atoms. The predicted octanol–water partition coefficient (Wildman–Crippen LogP) is 4.73. The van der Waals surface area contributed by atoms with Crippen molar-refractivity contribution in [3.8, 4) is 0 Å². The topological polar surface area (TPSA) is 137 Å². The molecule has 22 heteroatoms. The summed E-state index contributed by atoms with van der Waals surface area (Å²) in [5, 5.41) is 0. The van der Waals surface area contributed by atoms with Crippen LogP contribution in [-0.2, 0) is 58.9 Å². The molecular formula is C22H48O14Si8. The van der Waals surface area contributed by atoms with Gasteiger partial charge in [-0.1, -0.05) is 61.8 Å². The van der Waals surface area contributed by atoms with Crippen LogP contribution in [0.4, 0.5) is 0 Å². The van der Waals surface area contributed by atoms with Crippen LogP contribution in [-0.4, -0.2) is 83.0 Å². The summed E-state index contributed by atoms with van der Waals surface area (Å²) in [6.45, 7) is 17.6. The summed E-state index contributed by atoms with van der Waals surface area (Å²) >= 11 is 0. The number of rotatable bonds is 12. The van der Waals surface area contributed by atoms with E-state index in [-0.39, 0.29) is 5.57 Å². The van der Waals surface area contributed by atoms with Crippen LogP contribution in [0.3, 0.4) is 0 Å². The molecule has 8 bridgehead atoms. The SMILES string of the molecule is CCCCOC(=O)C(C)=C[Si]12O[Si]3(CC)O[Si]4(CC)O[Si](CC)(O1)O[Si]1(CC)O[Si](CC)(O2)O[Si](CC)(O3)O[Si](CC)(O4)O1. The van der Waals surface area contributed by atoms with Crippen LogP contribution in [0.2, 0.25) is 42.3 Å². The predicted molar refractivity (Wildman–Crippen MR) is 172 cm³/mol. The van der Waals surface area contributed by atoms with Crippen molar-refractivity contribution in [3.63, 3.8) is 0 Å². The lowest BCUT2D eigenvalue weighted by Gasteiger charge is -2.62. The van der Waals surface area contributed by atoms with E-state index in [0.717, 1.165) is 12.8 Å². The fourth-order valence-electron chi connectivity index (χ4n) is 5.63. The van der Waals surface area contributed by atoms with E-state index in [2.05, 4.69) is 0 Å². The van der Waals surface area contributed by atoms with E-state index >= 15 is 0 Å². The highest BCUT2D eigenvalue weighted by Crippen LogP contribution is 2.52. The van der Waals surface area contributed by atoms with Gasteiger partial charge in [0.2, 0.25) is 0 Å². The summed E-state index contributed by atoms with van der Waals surface area (Å²) < 4.78 is 90.6. The van der Waals surface area contributed by atoms with Gasteiger partial charge >= 0.3 is 76.4 Å². The molecule has 0 aromatic carbocycles. The summed E-state index contributed by atoms with van der Waals surface area (Å²) in [5.74, 6) is -0.498. The van der Waals surface area contributed by atoms with Crippen molar-refractivity contribution in [2.24, 2.45) is 0 Å². The fraction of sp³-hybridized carbons (Fsp3) is 0.864. The Hall–Kier alpha value is 0.465. The van der Waals surface area contributed by atoms with Gasteiger partial charge in [0.25, 0.3) is 0 Å². The number of ether oxygens (including phenoxy) is 1. The molecule has 0 N–H and O–H groups in total. The van der Waals surface area contributed by atoms with E-state index in [0.29, 0.717) is 48.9 Å². The fourth-order valence-corrected chi connectivity index (χ4v) is 54.4. The van der Waals surface area contributed by atoms with Crippen molar-refractivity contribution in [3.05, 3.63) is 11.3 Å². The Bertz CT molecular complexity index is 1010. The monoisotopic (exact) mass is 760 g/mol. The number of esters is 1. The van der Waals surface area contributed by atoms with Crippen molar-refractivity contribution in [2.45, 2.75) is 117 Å². The van der Waals surface area contributed by atoms with E-state index in [1.165, 1.54) is 0 Å². The van der Waals surface area contributed by atoms with Gasteiger partial charge in [-0.2, -0.15) is 0 Å². The molecule has 14 nitrogen and oxygen atoms in total. The number of unbranched alkanes of at least 4 members (excludes halogenated alkanes) is 1. The Morgan fingerprint density at radius 2 is 0.773 bits per heavy atom. The lowest BCUT2D eigenvalue weighted by atomic mass is 10.3. The van der Waals surface area contributed by atoms with E-state index < -0.39 is 76.4 Å². The lowest BCUT2D eigenvalue weighted by Crippen LogP contribution is -2.88. The molecule has 6 aliphatic rings. The summed E-state index contributed by atoms with van der Waals surface area (Å²) in [5.41, 5.74) is 1.87. The molecule has 44 heavy (non-hydrogen) atoms. The first-order valence-corrected chi connectivity index (χ1v) is 31.4. The molecule has 6 heterocycles. The Balaban J connectivity index is 1.80. The maximum Gasteiger partial charge on any atom is 0.508 e. The smallest absolute Gasteiger partial charge is 0.462 e. The van der Waals surface area contributed by atoms with Crippen LogP contribution in [0.15, 0.2) is 11.3 Å². The maximum atomic E-state index is 13.2. The first-order valence-electron chi connectivity index (χ1n) is 16.1. The van der Waals surface area contributed by atoms with Crippen LogP contribution in [0.1, 0.15) is 75.2 Å². The number of carbonyl (C=O) groups excluding carboxylic acids is 1. The minimum absolute atomic E-state index is 0.267. The molecule has 0 saturated carbocycles. The highest BCUT2D eigenvalue weighted by molar-refractivity contribution is 7.04. The summed E-state index contributed by atoms with van der Waals surface area (Å²) in [6, 6.07) is 2.51. The highest BCUT2D eigenvalue weighted by atomic mass is 28.6. The second-order valence-corrected chi connectivity index (χ2v) is 37.2. The third-order valence-electron chi connectivity index (χ3n) is 8.17. The van der Waals surface area contributed by atoms with Gasteiger partial charge in [0.05, 0.1) is 6.61 Å².